The molecule has 0 aliphatic carbocycles. The molecule has 21 heavy (non-hydrogen) atoms. The molecule has 0 spiro atoms. The molecule has 0 radical (unpaired) electrons. The number of nitrogens with one attached hydrogen (secondary N) is 1. The molecule has 0 saturated carbocycles. The molecule has 0 saturated heterocycles. The number of rotatable bonds is 6. The molecule has 0 unspecified atom stereocenters. The minimum atomic E-state index is -0.0950. The lowest BCUT2D eigenvalue weighted by molar-refractivity contribution is 0.0954. The number of hydrogen-bond acceptors (Lipinski definition) is 3. The van der Waals surface area contributed by atoms with E-state index in [0.717, 1.165) is 17.7 Å². The minimum Gasteiger partial charge on any atom is -0.497 e. The fourth-order valence-corrected chi connectivity index (χ4v) is 1.98. The van der Waals surface area contributed by atoms with Crippen molar-refractivity contribution in [2.45, 2.75) is 6.42 Å². The van der Waals surface area contributed by atoms with Gasteiger partial charge in [-0.3, -0.25) is 4.79 Å². The lowest BCUT2D eigenvalue weighted by Crippen LogP contribution is -2.25. The van der Waals surface area contributed by atoms with Crippen molar-refractivity contribution in [1.82, 2.24) is 5.32 Å². The van der Waals surface area contributed by atoms with E-state index in [9.17, 15) is 4.79 Å². The van der Waals surface area contributed by atoms with Crippen LogP contribution < -0.4 is 14.8 Å². The van der Waals surface area contributed by atoms with Gasteiger partial charge >= 0.3 is 0 Å². The van der Waals surface area contributed by atoms with Crippen molar-refractivity contribution < 1.29 is 14.3 Å². The van der Waals surface area contributed by atoms with E-state index in [1.807, 2.05) is 30.3 Å². The lowest BCUT2D eigenvalue weighted by atomic mass is 10.1. The van der Waals surface area contributed by atoms with E-state index < -0.39 is 0 Å². The van der Waals surface area contributed by atoms with Crippen LogP contribution in [0.4, 0.5) is 0 Å². The van der Waals surface area contributed by atoms with Crippen molar-refractivity contribution in [1.29, 1.82) is 0 Å². The number of methoxy groups -OCH3 is 2. The largest absolute Gasteiger partial charge is 0.497 e. The molecule has 1 N–H and O–H groups in total. The van der Waals surface area contributed by atoms with Gasteiger partial charge in [0.2, 0.25) is 0 Å². The number of hydrogen-bond donors (Lipinski definition) is 1. The molecule has 0 aliphatic rings. The Morgan fingerprint density at radius 1 is 1.00 bits per heavy atom. The van der Waals surface area contributed by atoms with Crippen LogP contribution in [0.1, 0.15) is 15.9 Å². The molecule has 0 atom stereocenters. The molecule has 4 nitrogen and oxygen atoms in total. The number of carbonyl (C=O) groups is 1. The van der Waals surface area contributed by atoms with Crippen LogP contribution in [0.5, 0.6) is 11.5 Å². The average Bonchev–Trinajstić information content (AvgIpc) is 2.55. The van der Waals surface area contributed by atoms with Crippen molar-refractivity contribution in [2.75, 3.05) is 20.8 Å². The van der Waals surface area contributed by atoms with Gasteiger partial charge in [-0.25, -0.2) is 0 Å². The van der Waals surface area contributed by atoms with Crippen molar-refractivity contribution >= 4 is 5.91 Å². The van der Waals surface area contributed by atoms with Crippen LogP contribution >= 0.6 is 0 Å². The van der Waals surface area contributed by atoms with E-state index in [4.69, 9.17) is 9.47 Å². The minimum absolute atomic E-state index is 0.0950. The van der Waals surface area contributed by atoms with Crippen LogP contribution in [0, 0.1) is 0 Å². The molecule has 0 heterocycles. The molecule has 110 valence electrons. The standard InChI is InChI=1S/C17H19NO3/c1-20-15-8-6-13(7-9-15)10-11-18-17(19)14-4-3-5-16(12-14)21-2/h3-9,12H,10-11H2,1-2H3,(H,18,19). The van der Waals surface area contributed by atoms with E-state index in [-0.39, 0.29) is 5.91 Å². The van der Waals surface area contributed by atoms with Gasteiger partial charge in [0, 0.05) is 12.1 Å². The summed E-state index contributed by atoms with van der Waals surface area (Å²) in [5, 5.41) is 2.90. The second kappa shape index (κ2) is 7.33. The zero-order chi connectivity index (χ0) is 15.1. The molecule has 0 bridgehead atoms. The van der Waals surface area contributed by atoms with Crippen LogP contribution in [0.25, 0.3) is 0 Å². The van der Waals surface area contributed by atoms with Crippen LogP contribution in [-0.4, -0.2) is 26.7 Å². The van der Waals surface area contributed by atoms with E-state index in [0.29, 0.717) is 17.9 Å². The van der Waals surface area contributed by atoms with Crippen molar-refractivity contribution in [2.24, 2.45) is 0 Å². The molecule has 2 aromatic rings. The van der Waals surface area contributed by atoms with Crippen LogP contribution in [0.3, 0.4) is 0 Å². The number of amides is 1. The van der Waals surface area contributed by atoms with Gasteiger partial charge in [-0.05, 0) is 42.3 Å². The summed E-state index contributed by atoms with van der Waals surface area (Å²) in [5.74, 6) is 1.42. The summed E-state index contributed by atoms with van der Waals surface area (Å²) in [4.78, 5) is 12.0. The molecule has 2 aromatic carbocycles. The second-order valence-corrected chi connectivity index (χ2v) is 4.59. The Hall–Kier alpha value is -2.49. The molecule has 1 amide bonds. The van der Waals surface area contributed by atoms with E-state index in [1.165, 1.54) is 0 Å². The highest BCUT2D eigenvalue weighted by Gasteiger charge is 2.05. The third-order valence-electron chi connectivity index (χ3n) is 3.19. The first kappa shape index (κ1) is 14.9. The number of ether oxygens (including phenoxy) is 2. The molecule has 2 rings (SSSR count). The highest BCUT2D eigenvalue weighted by atomic mass is 16.5. The molecule has 0 fully saturated rings. The summed E-state index contributed by atoms with van der Waals surface area (Å²) < 4.78 is 10.2. The van der Waals surface area contributed by atoms with E-state index in [2.05, 4.69) is 5.32 Å². The Bertz CT molecular complexity index is 593. The SMILES string of the molecule is COc1ccc(CCNC(=O)c2cccc(OC)c2)cc1. The first-order chi connectivity index (χ1) is 10.2. The Morgan fingerprint density at radius 3 is 2.38 bits per heavy atom. The highest BCUT2D eigenvalue weighted by Crippen LogP contribution is 2.13. The third kappa shape index (κ3) is 4.24. The summed E-state index contributed by atoms with van der Waals surface area (Å²) in [7, 11) is 3.23. The Balaban J connectivity index is 1.85. The average molecular weight is 285 g/mol. The predicted octanol–water partition coefficient (Wildman–Crippen LogP) is 2.68. The van der Waals surface area contributed by atoms with Gasteiger partial charge < -0.3 is 14.8 Å². The fraction of sp³-hybridized carbons (Fsp3) is 0.235. The molecule has 0 aliphatic heterocycles. The third-order valence-corrected chi connectivity index (χ3v) is 3.19. The topological polar surface area (TPSA) is 47.6 Å². The maximum Gasteiger partial charge on any atom is 0.251 e. The quantitative estimate of drug-likeness (QED) is 0.887. The monoisotopic (exact) mass is 285 g/mol. The zero-order valence-corrected chi connectivity index (χ0v) is 12.3. The fourth-order valence-electron chi connectivity index (χ4n) is 1.98. The second-order valence-electron chi connectivity index (χ2n) is 4.59. The zero-order valence-electron chi connectivity index (χ0n) is 12.3. The number of carbonyl (C=O) groups excluding carboxylic acids is 1. The first-order valence-electron chi connectivity index (χ1n) is 6.78. The van der Waals surface area contributed by atoms with Gasteiger partial charge in [0.25, 0.3) is 5.91 Å². The molecular formula is C17H19NO3. The summed E-state index contributed by atoms with van der Waals surface area (Å²) in [5.41, 5.74) is 1.76. The Morgan fingerprint density at radius 2 is 1.71 bits per heavy atom. The van der Waals surface area contributed by atoms with Gasteiger partial charge in [0.05, 0.1) is 14.2 Å². The van der Waals surface area contributed by atoms with Crippen LogP contribution in [0.2, 0.25) is 0 Å². The first-order valence-corrected chi connectivity index (χ1v) is 6.78. The van der Waals surface area contributed by atoms with Crippen molar-refractivity contribution in [3.05, 3.63) is 59.7 Å². The van der Waals surface area contributed by atoms with Gasteiger partial charge in [-0.2, -0.15) is 0 Å². The summed E-state index contributed by atoms with van der Waals surface area (Å²) >= 11 is 0. The van der Waals surface area contributed by atoms with Gasteiger partial charge in [0.15, 0.2) is 0 Å². The highest BCUT2D eigenvalue weighted by molar-refractivity contribution is 5.94. The van der Waals surface area contributed by atoms with Gasteiger partial charge in [-0.1, -0.05) is 18.2 Å². The molecule has 0 aromatic heterocycles. The van der Waals surface area contributed by atoms with Crippen LogP contribution in [0.15, 0.2) is 48.5 Å². The summed E-state index contributed by atoms with van der Waals surface area (Å²) in [6.45, 7) is 0.586. The predicted molar refractivity (Wildman–Crippen MR) is 82.0 cm³/mol. The van der Waals surface area contributed by atoms with Crippen LogP contribution in [-0.2, 0) is 6.42 Å². The van der Waals surface area contributed by atoms with Crippen molar-refractivity contribution in [3.63, 3.8) is 0 Å². The van der Waals surface area contributed by atoms with Crippen molar-refractivity contribution in [3.8, 4) is 11.5 Å². The summed E-state index contributed by atoms with van der Waals surface area (Å²) in [6.07, 6.45) is 0.777. The van der Waals surface area contributed by atoms with Gasteiger partial charge in [0.1, 0.15) is 11.5 Å². The maximum absolute atomic E-state index is 12.0. The maximum atomic E-state index is 12.0. The normalized spacial score (nSPS) is 10.0. The lowest BCUT2D eigenvalue weighted by Gasteiger charge is -2.07. The van der Waals surface area contributed by atoms with Gasteiger partial charge in [-0.15, -0.1) is 0 Å². The Labute approximate surface area is 124 Å². The molecule has 4 heteroatoms. The smallest absolute Gasteiger partial charge is 0.251 e. The summed E-state index contributed by atoms with van der Waals surface area (Å²) in [6, 6.07) is 14.9. The number of benzene rings is 2. The van der Waals surface area contributed by atoms with E-state index >= 15 is 0 Å². The molecular weight excluding hydrogens is 266 g/mol. The Kier molecular flexibility index (Phi) is 5.21. The van der Waals surface area contributed by atoms with E-state index in [1.54, 1.807) is 32.4 Å².